The summed E-state index contributed by atoms with van der Waals surface area (Å²) >= 11 is 12.0. The Morgan fingerprint density at radius 1 is 1.10 bits per heavy atom. The zero-order valence-corrected chi connectivity index (χ0v) is 14.1. The molecule has 0 N–H and O–H groups in total. The summed E-state index contributed by atoms with van der Waals surface area (Å²) in [4.78, 5) is 0. The molecular formula is C16H18Cl2N2O. The van der Waals surface area contributed by atoms with E-state index >= 15 is 0 Å². The normalized spacial score (nSPS) is 11.5. The Morgan fingerprint density at radius 2 is 1.81 bits per heavy atom. The van der Waals surface area contributed by atoms with Gasteiger partial charge in [0.05, 0.1) is 0 Å². The van der Waals surface area contributed by atoms with Crippen molar-refractivity contribution in [3.63, 3.8) is 0 Å². The fraction of sp³-hybridized carbons (Fsp3) is 0.375. The molecule has 0 bridgehead atoms. The Labute approximate surface area is 135 Å². The highest BCUT2D eigenvalue weighted by Gasteiger charge is 2.20. The number of hydrogen-bond donors (Lipinski definition) is 0. The first kappa shape index (κ1) is 16.1. The molecule has 0 radical (unpaired) electrons. The van der Waals surface area contributed by atoms with Gasteiger partial charge in [-0.15, -0.1) is 5.10 Å². The minimum atomic E-state index is -0.0572. The summed E-state index contributed by atoms with van der Waals surface area (Å²) in [5.41, 5.74) is 2.73. The summed E-state index contributed by atoms with van der Waals surface area (Å²) in [6.07, 6.45) is 0. The Hall–Kier alpha value is -1.32. The van der Waals surface area contributed by atoms with Crippen LogP contribution in [0.2, 0.25) is 10.2 Å². The topological polar surface area (TPSA) is 35.0 Å². The molecule has 2 rings (SSSR count). The second kappa shape index (κ2) is 6.20. The van der Waals surface area contributed by atoms with E-state index in [9.17, 15) is 0 Å². The van der Waals surface area contributed by atoms with Crippen LogP contribution in [0.1, 0.15) is 37.6 Å². The van der Waals surface area contributed by atoms with Gasteiger partial charge in [0, 0.05) is 10.6 Å². The van der Waals surface area contributed by atoms with Crippen molar-refractivity contribution in [1.82, 2.24) is 10.2 Å². The number of aromatic nitrogens is 2. The summed E-state index contributed by atoms with van der Waals surface area (Å²) in [6.45, 7) is 8.69. The number of halogens is 2. The van der Waals surface area contributed by atoms with Crippen molar-refractivity contribution in [2.75, 3.05) is 0 Å². The van der Waals surface area contributed by atoms with Crippen LogP contribution in [0.4, 0.5) is 0 Å². The second-order valence-corrected chi connectivity index (χ2v) is 6.78. The SMILES string of the molecule is Cc1cc(OCc2ccc(Cl)nn2)c(C(C)(C)C)cc1Cl. The van der Waals surface area contributed by atoms with Gasteiger partial charge in [-0.05, 0) is 42.2 Å². The van der Waals surface area contributed by atoms with Gasteiger partial charge in [-0.1, -0.05) is 44.0 Å². The van der Waals surface area contributed by atoms with Crippen molar-refractivity contribution in [2.24, 2.45) is 0 Å². The first-order valence-electron chi connectivity index (χ1n) is 6.69. The molecule has 1 aromatic heterocycles. The van der Waals surface area contributed by atoms with Crippen molar-refractivity contribution in [3.8, 4) is 5.75 Å². The van der Waals surface area contributed by atoms with Crippen molar-refractivity contribution in [1.29, 1.82) is 0 Å². The molecule has 0 saturated heterocycles. The third-order valence-electron chi connectivity index (χ3n) is 3.13. The van der Waals surface area contributed by atoms with Crippen LogP contribution in [-0.4, -0.2) is 10.2 Å². The van der Waals surface area contributed by atoms with Crippen molar-refractivity contribution < 1.29 is 4.74 Å². The van der Waals surface area contributed by atoms with Crippen LogP contribution in [0.3, 0.4) is 0 Å². The van der Waals surface area contributed by atoms with E-state index in [2.05, 4.69) is 31.0 Å². The predicted molar refractivity (Wildman–Crippen MR) is 86.3 cm³/mol. The number of benzene rings is 1. The Bertz CT molecular complexity index is 634. The van der Waals surface area contributed by atoms with E-state index in [1.54, 1.807) is 12.1 Å². The highest BCUT2D eigenvalue weighted by molar-refractivity contribution is 6.31. The van der Waals surface area contributed by atoms with Gasteiger partial charge in [-0.25, -0.2) is 0 Å². The van der Waals surface area contributed by atoms with E-state index in [4.69, 9.17) is 27.9 Å². The maximum atomic E-state index is 6.23. The van der Waals surface area contributed by atoms with Gasteiger partial charge in [-0.2, -0.15) is 5.10 Å². The van der Waals surface area contributed by atoms with E-state index in [0.717, 1.165) is 27.6 Å². The lowest BCUT2D eigenvalue weighted by atomic mass is 9.86. The number of ether oxygens (including phenoxy) is 1. The first-order chi connectivity index (χ1) is 9.77. The van der Waals surface area contributed by atoms with E-state index in [0.29, 0.717) is 11.8 Å². The van der Waals surface area contributed by atoms with Gasteiger partial charge in [0.15, 0.2) is 5.15 Å². The Kier molecular flexibility index (Phi) is 4.74. The molecule has 112 valence electrons. The van der Waals surface area contributed by atoms with Crippen molar-refractivity contribution in [3.05, 3.63) is 51.3 Å². The van der Waals surface area contributed by atoms with Crippen LogP contribution >= 0.6 is 23.2 Å². The third-order valence-corrected chi connectivity index (χ3v) is 3.74. The molecule has 0 aliphatic rings. The molecule has 21 heavy (non-hydrogen) atoms. The number of hydrogen-bond acceptors (Lipinski definition) is 3. The quantitative estimate of drug-likeness (QED) is 0.799. The lowest BCUT2D eigenvalue weighted by Crippen LogP contribution is -2.14. The molecule has 0 unspecified atom stereocenters. The fourth-order valence-electron chi connectivity index (χ4n) is 1.93. The van der Waals surface area contributed by atoms with Gasteiger partial charge in [-0.3, -0.25) is 0 Å². The Morgan fingerprint density at radius 3 is 2.38 bits per heavy atom. The predicted octanol–water partition coefficient (Wildman–Crippen LogP) is 4.97. The number of aryl methyl sites for hydroxylation is 1. The molecule has 1 heterocycles. The molecule has 3 nitrogen and oxygen atoms in total. The molecule has 0 amide bonds. The second-order valence-electron chi connectivity index (χ2n) is 5.98. The van der Waals surface area contributed by atoms with E-state index in [1.165, 1.54) is 0 Å². The molecule has 1 aromatic carbocycles. The molecule has 0 spiro atoms. The lowest BCUT2D eigenvalue weighted by Gasteiger charge is -2.23. The first-order valence-corrected chi connectivity index (χ1v) is 7.44. The molecule has 0 fully saturated rings. The number of nitrogens with zero attached hydrogens (tertiary/aromatic N) is 2. The van der Waals surface area contributed by atoms with Crippen LogP contribution in [0.15, 0.2) is 24.3 Å². The average molecular weight is 325 g/mol. The summed E-state index contributed by atoms with van der Waals surface area (Å²) in [5, 5.41) is 8.92. The molecule has 5 heteroatoms. The van der Waals surface area contributed by atoms with Gasteiger partial charge in [0.1, 0.15) is 18.1 Å². The summed E-state index contributed by atoms with van der Waals surface area (Å²) in [5.74, 6) is 0.821. The molecule has 0 aliphatic heterocycles. The van der Waals surface area contributed by atoms with Crippen LogP contribution < -0.4 is 4.74 Å². The summed E-state index contributed by atoms with van der Waals surface area (Å²) in [7, 11) is 0. The smallest absolute Gasteiger partial charge is 0.151 e. The Balaban J connectivity index is 2.26. The fourth-order valence-corrected chi connectivity index (χ4v) is 2.20. The largest absolute Gasteiger partial charge is 0.487 e. The van der Waals surface area contributed by atoms with E-state index in [1.807, 2.05) is 19.1 Å². The maximum Gasteiger partial charge on any atom is 0.151 e. The van der Waals surface area contributed by atoms with E-state index in [-0.39, 0.29) is 5.41 Å². The average Bonchev–Trinajstić information content (AvgIpc) is 2.40. The summed E-state index contributed by atoms with van der Waals surface area (Å²) < 4.78 is 5.92. The van der Waals surface area contributed by atoms with E-state index < -0.39 is 0 Å². The summed E-state index contributed by atoms with van der Waals surface area (Å²) in [6, 6.07) is 7.44. The monoisotopic (exact) mass is 324 g/mol. The zero-order valence-electron chi connectivity index (χ0n) is 12.6. The highest BCUT2D eigenvalue weighted by Crippen LogP contribution is 2.35. The van der Waals surface area contributed by atoms with Crippen molar-refractivity contribution >= 4 is 23.2 Å². The minimum Gasteiger partial charge on any atom is -0.487 e. The van der Waals surface area contributed by atoms with Crippen molar-refractivity contribution in [2.45, 2.75) is 39.7 Å². The van der Waals surface area contributed by atoms with Crippen LogP contribution in [0.5, 0.6) is 5.75 Å². The molecular weight excluding hydrogens is 307 g/mol. The molecule has 0 saturated carbocycles. The van der Waals surface area contributed by atoms with Crippen LogP contribution in [-0.2, 0) is 12.0 Å². The number of rotatable bonds is 3. The molecule has 0 aliphatic carbocycles. The molecule has 2 aromatic rings. The highest BCUT2D eigenvalue weighted by atomic mass is 35.5. The lowest BCUT2D eigenvalue weighted by molar-refractivity contribution is 0.291. The van der Waals surface area contributed by atoms with Gasteiger partial charge in [0.2, 0.25) is 0 Å². The van der Waals surface area contributed by atoms with Crippen LogP contribution in [0, 0.1) is 6.92 Å². The minimum absolute atomic E-state index is 0.0572. The van der Waals surface area contributed by atoms with Gasteiger partial charge >= 0.3 is 0 Å². The third kappa shape index (κ3) is 4.08. The standard InChI is InChI=1S/C16H18Cl2N2O/c1-10-7-14(12(8-13(10)17)16(2,3)4)21-9-11-5-6-15(18)20-19-11/h5-8H,9H2,1-4H3. The van der Waals surface area contributed by atoms with Crippen LogP contribution in [0.25, 0.3) is 0 Å². The maximum absolute atomic E-state index is 6.23. The van der Waals surface area contributed by atoms with Gasteiger partial charge < -0.3 is 4.74 Å². The zero-order chi connectivity index (χ0) is 15.6. The molecule has 0 atom stereocenters. The van der Waals surface area contributed by atoms with Gasteiger partial charge in [0.25, 0.3) is 0 Å².